The minimum Gasteiger partial charge on any atom is -0.366 e. The summed E-state index contributed by atoms with van der Waals surface area (Å²) in [6.45, 7) is 2.45. The fourth-order valence-electron chi connectivity index (χ4n) is 4.41. The minimum absolute atomic E-state index is 0.149. The topological polar surface area (TPSA) is 40.6 Å². The first kappa shape index (κ1) is 21.7. The van der Waals surface area contributed by atoms with Crippen LogP contribution in [-0.2, 0) is 16.0 Å². The van der Waals surface area contributed by atoms with Gasteiger partial charge in [-0.05, 0) is 43.9 Å². The first-order valence-electron chi connectivity index (χ1n) is 11.2. The predicted molar refractivity (Wildman–Crippen MR) is 126 cm³/mol. The maximum absolute atomic E-state index is 13.5. The molecule has 4 nitrogen and oxygen atoms in total. The Bertz CT molecular complexity index is 963. The summed E-state index contributed by atoms with van der Waals surface area (Å²) in [6.07, 6.45) is 6.44. The van der Waals surface area contributed by atoms with Crippen molar-refractivity contribution in [2.45, 2.75) is 56.4 Å². The number of thioether (sulfide) groups is 1. The summed E-state index contributed by atoms with van der Waals surface area (Å²) in [7, 11) is 1.99. The van der Waals surface area contributed by atoms with Crippen LogP contribution in [0.25, 0.3) is 0 Å². The summed E-state index contributed by atoms with van der Waals surface area (Å²) in [4.78, 5) is 32.0. The van der Waals surface area contributed by atoms with E-state index in [9.17, 15) is 9.59 Å². The Hall–Kier alpha value is -2.53. The van der Waals surface area contributed by atoms with Crippen LogP contribution in [-0.4, -0.2) is 41.2 Å². The normalized spacial score (nSPS) is 17.5. The largest absolute Gasteiger partial charge is 0.366 e. The van der Waals surface area contributed by atoms with Crippen LogP contribution in [0.4, 0.5) is 0 Å². The zero-order chi connectivity index (χ0) is 21.8. The van der Waals surface area contributed by atoms with Crippen LogP contribution in [0.15, 0.2) is 70.1 Å². The molecule has 1 heterocycles. The van der Waals surface area contributed by atoms with E-state index in [1.54, 1.807) is 0 Å². The van der Waals surface area contributed by atoms with Crippen LogP contribution < -0.4 is 0 Å². The van der Waals surface area contributed by atoms with E-state index in [0.29, 0.717) is 29.6 Å². The van der Waals surface area contributed by atoms with Crippen molar-refractivity contribution in [2.75, 3.05) is 13.6 Å². The SMILES string of the molecule is Cc1ccc(SC2=C(N(C)C3CCCCC3)C(=O)N(CCc3ccccc3)C2=O)cc1. The van der Waals surface area contributed by atoms with Crippen LogP contribution in [0.2, 0.25) is 0 Å². The van der Waals surface area contributed by atoms with Crippen molar-refractivity contribution in [1.29, 1.82) is 0 Å². The molecular weight excluding hydrogens is 404 g/mol. The van der Waals surface area contributed by atoms with Gasteiger partial charge < -0.3 is 4.90 Å². The summed E-state index contributed by atoms with van der Waals surface area (Å²) in [5.74, 6) is -0.312. The van der Waals surface area contributed by atoms with Crippen molar-refractivity contribution >= 4 is 23.6 Å². The molecule has 0 spiro atoms. The van der Waals surface area contributed by atoms with Crippen LogP contribution in [0.3, 0.4) is 0 Å². The molecule has 1 aliphatic heterocycles. The van der Waals surface area contributed by atoms with Crippen molar-refractivity contribution in [1.82, 2.24) is 9.80 Å². The Balaban J connectivity index is 1.60. The summed E-state index contributed by atoms with van der Waals surface area (Å²) in [5, 5.41) is 0. The van der Waals surface area contributed by atoms with Crippen LogP contribution in [0, 0.1) is 6.92 Å². The lowest BCUT2D eigenvalue weighted by molar-refractivity contribution is -0.138. The second-order valence-corrected chi connectivity index (χ2v) is 9.58. The van der Waals surface area contributed by atoms with Crippen molar-refractivity contribution in [3.8, 4) is 0 Å². The number of nitrogens with zero attached hydrogens (tertiary/aromatic N) is 2. The highest BCUT2D eigenvalue weighted by atomic mass is 32.2. The van der Waals surface area contributed by atoms with E-state index in [0.717, 1.165) is 23.3 Å². The quantitative estimate of drug-likeness (QED) is 0.564. The smallest absolute Gasteiger partial charge is 0.278 e. The van der Waals surface area contributed by atoms with E-state index in [1.807, 2.05) is 68.6 Å². The molecule has 0 N–H and O–H groups in total. The molecule has 2 aliphatic rings. The number of hydrogen-bond donors (Lipinski definition) is 0. The lowest BCUT2D eigenvalue weighted by Crippen LogP contribution is -2.39. The Kier molecular flexibility index (Phi) is 6.81. The van der Waals surface area contributed by atoms with Crippen LogP contribution >= 0.6 is 11.8 Å². The van der Waals surface area contributed by atoms with E-state index in [1.165, 1.54) is 41.5 Å². The lowest BCUT2D eigenvalue weighted by atomic mass is 9.94. The van der Waals surface area contributed by atoms with Crippen LogP contribution in [0.5, 0.6) is 0 Å². The fraction of sp³-hybridized carbons (Fsp3) is 0.385. The van der Waals surface area contributed by atoms with Gasteiger partial charge in [0.1, 0.15) is 10.6 Å². The summed E-state index contributed by atoms with van der Waals surface area (Å²) >= 11 is 1.42. The maximum atomic E-state index is 13.5. The summed E-state index contributed by atoms with van der Waals surface area (Å²) < 4.78 is 0. The molecule has 31 heavy (non-hydrogen) atoms. The highest BCUT2D eigenvalue weighted by molar-refractivity contribution is 8.04. The molecule has 162 valence electrons. The molecule has 4 rings (SSSR count). The molecule has 0 unspecified atom stereocenters. The number of rotatable bonds is 7. The molecule has 2 aromatic rings. The molecule has 5 heteroatoms. The minimum atomic E-state index is -0.163. The lowest BCUT2D eigenvalue weighted by Gasteiger charge is -2.33. The van der Waals surface area contributed by atoms with Gasteiger partial charge in [-0.1, -0.05) is 79.1 Å². The van der Waals surface area contributed by atoms with Crippen molar-refractivity contribution < 1.29 is 9.59 Å². The third-order valence-corrected chi connectivity index (χ3v) is 7.37. The molecule has 0 aromatic heterocycles. The molecule has 2 amide bonds. The van der Waals surface area contributed by atoms with E-state index >= 15 is 0 Å². The van der Waals surface area contributed by atoms with Crippen molar-refractivity contribution in [3.63, 3.8) is 0 Å². The molecular formula is C26H30N2O2S. The third kappa shape index (κ3) is 4.87. The zero-order valence-corrected chi connectivity index (χ0v) is 19.2. The predicted octanol–water partition coefficient (Wildman–Crippen LogP) is 5.17. The second kappa shape index (κ2) is 9.73. The number of amides is 2. The number of carbonyl (C=O) groups excluding carboxylic acids is 2. The maximum Gasteiger partial charge on any atom is 0.278 e. The molecule has 0 saturated heterocycles. The van der Waals surface area contributed by atoms with Gasteiger partial charge in [-0.2, -0.15) is 0 Å². The fourth-order valence-corrected chi connectivity index (χ4v) is 5.44. The average molecular weight is 435 g/mol. The molecule has 0 bridgehead atoms. The highest BCUT2D eigenvalue weighted by Crippen LogP contribution is 2.38. The van der Waals surface area contributed by atoms with Crippen LogP contribution in [0.1, 0.15) is 43.2 Å². The zero-order valence-electron chi connectivity index (χ0n) is 18.3. The van der Waals surface area contributed by atoms with E-state index < -0.39 is 0 Å². The van der Waals surface area contributed by atoms with Gasteiger partial charge in [0.2, 0.25) is 0 Å². The van der Waals surface area contributed by atoms with Gasteiger partial charge in [-0.15, -0.1) is 0 Å². The standard InChI is InChI=1S/C26H30N2O2S/c1-19-13-15-22(16-14-19)31-24-23(27(2)21-11-7-4-8-12-21)25(29)28(26(24)30)18-17-20-9-5-3-6-10-20/h3,5-6,9-10,13-16,21H,4,7-8,11-12,17-18H2,1-2H3. The Morgan fingerprint density at radius 1 is 0.935 bits per heavy atom. The molecule has 0 atom stereocenters. The molecule has 1 fully saturated rings. The first-order chi connectivity index (χ1) is 15.0. The number of imide groups is 1. The summed E-state index contributed by atoms with van der Waals surface area (Å²) in [5.41, 5.74) is 2.89. The molecule has 0 radical (unpaired) electrons. The summed E-state index contributed by atoms with van der Waals surface area (Å²) in [6, 6.07) is 18.5. The average Bonchev–Trinajstić information content (AvgIpc) is 3.03. The molecule has 1 saturated carbocycles. The second-order valence-electron chi connectivity index (χ2n) is 8.49. The van der Waals surface area contributed by atoms with Gasteiger partial charge in [-0.3, -0.25) is 14.5 Å². The number of aryl methyl sites for hydroxylation is 1. The van der Waals surface area contributed by atoms with Gasteiger partial charge in [0, 0.05) is 24.5 Å². The van der Waals surface area contributed by atoms with Gasteiger partial charge in [-0.25, -0.2) is 0 Å². The van der Waals surface area contributed by atoms with Gasteiger partial charge in [0.15, 0.2) is 0 Å². The van der Waals surface area contributed by atoms with Crippen molar-refractivity contribution in [2.24, 2.45) is 0 Å². The molecule has 1 aliphatic carbocycles. The van der Waals surface area contributed by atoms with E-state index in [4.69, 9.17) is 0 Å². The highest BCUT2D eigenvalue weighted by Gasteiger charge is 2.41. The molecule has 2 aromatic carbocycles. The number of benzene rings is 2. The monoisotopic (exact) mass is 434 g/mol. The van der Waals surface area contributed by atoms with Gasteiger partial charge >= 0.3 is 0 Å². The Labute approximate surface area is 189 Å². The number of carbonyl (C=O) groups is 2. The van der Waals surface area contributed by atoms with Gasteiger partial charge in [0.05, 0.1) is 0 Å². The van der Waals surface area contributed by atoms with E-state index in [-0.39, 0.29) is 11.8 Å². The number of likely N-dealkylation sites (N-methyl/N-ethyl adjacent to an activating group) is 1. The first-order valence-corrected chi connectivity index (χ1v) is 12.0. The van der Waals surface area contributed by atoms with Crippen molar-refractivity contribution in [3.05, 3.63) is 76.3 Å². The van der Waals surface area contributed by atoms with E-state index in [2.05, 4.69) is 4.90 Å². The number of hydrogen-bond acceptors (Lipinski definition) is 4. The Morgan fingerprint density at radius 2 is 1.61 bits per heavy atom. The Morgan fingerprint density at radius 3 is 2.29 bits per heavy atom. The third-order valence-electron chi connectivity index (χ3n) is 6.29. The van der Waals surface area contributed by atoms with Gasteiger partial charge in [0.25, 0.3) is 11.8 Å².